The second-order valence-electron chi connectivity index (χ2n) is 7.47. The number of hydrogen-bond acceptors (Lipinski definition) is 5. The van der Waals surface area contributed by atoms with E-state index in [9.17, 15) is 19.2 Å². The van der Waals surface area contributed by atoms with Crippen LogP contribution < -0.4 is 22.1 Å². The third-order valence-electron chi connectivity index (χ3n) is 5.47. The number of fused-ring (bicyclic) bond motifs is 1. The van der Waals surface area contributed by atoms with Crippen molar-refractivity contribution in [3.05, 3.63) is 78.7 Å². The standard InChI is InChI=1S/C22H27N5O4/c1-5-27(14-15-9-7-6-8-10-15)12-11-23-19(29)16-13-17(28)24(2)20-18(16)21(30)26(4)22(31)25(20)3/h6-10,13H,5,11-12,14H2,1-4H3,(H,23,29). The number of carbonyl (C=O) groups excluding carboxylic acids is 1. The van der Waals surface area contributed by atoms with Gasteiger partial charge in [0.15, 0.2) is 0 Å². The van der Waals surface area contributed by atoms with E-state index in [-0.39, 0.29) is 16.6 Å². The first kappa shape index (κ1) is 22.2. The third kappa shape index (κ3) is 4.36. The number of aromatic nitrogens is 3. The maximum absolute atomic E-state index is 12.9. The highest BCUT2D eigenvalue weighted by atomic mass is 16.2. The first-order chi connectivity index (χ1) is 14.8. The number of carbonyl (C=O) groups is 1. The number of nitrogens with zero attached hydrogens (tertiary/aromatic N) is 4. The van der Waals surface area contributed by atoms with Crippen LogP contribution in [0.5, 0.6) is 0 Å². The molecule has 0 spiro atoms. The summed E-state index contributed by atoms with van der Waals surface area (Å²) in [6.45, 7) is 4.56. The molecule has 3 aromatic rings. The summed E-state index contributed by atoms with van der Waals surface area (Å²) >= 11 is 0. The van der Waals surface area contributed by atoms with Crippen molar-refractivity contribution in [1.82, 2.24) is 23.9 Å². The van der Waals surface area contributed by atoms with Crippen molar-refractivity contribution >= 4 is 16.9 Å². The van der Waals surface area contributed by atoms with Gasteiger partial charge in [0, 0.05) is 46.8 Å². The van der Waals surface area contributed by atoms with Crippen molar-refractivity contribution in [2.45, 2.75) is 13.5 Å². The SMILES string of the molecule is CCN(CCNC(=O)c1cc(=O)n(C)c2c1c(=O)n(C)c(=O)n2C)Cc1ccccc1. The predicted molar refractivity (Wildman–Crippen MR) is 119 cm³/mol. The summed E-state index contributed by atoms with van der Waals surface area (Å²) in [6, 6.07) is 11.2. The molecule has 164 valence electrons. The van der Waals surface area contributed by atoms with E-state index in [1.807, 2.05) is 37.3 Å². The van der Waals surface area contributed by atoms with Gasteiger partial charge in [-0.2, -0.15) is 0 Å². The van der Waals surface area contributed by atoms with Crippen LogP contribution in [0.2, 0.25) is 0 Å². The van der Waals surface area contributed by atoms with Crippen LogP contribution >= 0.6 is 0 Å². The molecule has 3 rings (SSSR count). The minimum atomic E-state index is -0.613. The quantitative estimate of drug-likeness (QED) is 0.583. The maximum atomic E-state index is 12.9. The van der Waals surface area contributed by atoms with E-state index >= 15 is 0 Å². The largest absolute Gasteiger partial charge is 0.351 e. The van der Waals surface area contributed by atoms with E-state index in [4.69, 9.17) is 0 Å². The van der Waals surface area contributed by atoms with Gasteiger partial charge in [0.05, 0.1) is 10.9 Å². The molecule has 1 amide bonds. The molecule has 0 aliphatic carbocycles. The van der Waals surface area contributed by atoms with Crippen LogP contribution in [-0.2, 0) is 27.7 Å². The summed E-state index contributed by atoms with van der Waals surface area (Å²) in [4.78, 5) is 52.5. The summed E-state index contributed by atoms with van der Waals surface area (Å²) in [5.74, 6) is -0.519. The van der Waals surface area contributed by atoms with Gasteiger partial charge in [0.25, 0.3) is 17.0 Å². The van der Waals surface area contributed by atoms with Crippen molar-refractivity contribution in [2.24, 2.45) is 21.1 Å². The number of rotatable bonds is 7. The summed E-state index contributed by atoms with van der Waals surface area (Å²) in [5.41, 5.74) is -0.383. The van der Waals surface area contributed by atoms with Gasteiger partial charge in [0.1, 0.15) is 5.65 Å². The lowest BCUT2D eigenvalue weighted by Gasteiger charge is -2.21. The van der Waals surface area contributed by atoms with Crippen molar-refractivity contribution in [1.29, 1.82) is 0 Å². The monoisotopic (exact) mass is 425 g/mol. The Morgan fingerprint density at radius 2 is 1.68 bits per heavy atom. The van der Waals surface area contributed by atoms with Gasteiger partial charge < -0.3 is 5.32 Å². The van der Waals surface area contributed by atoms with E-state index in [0.717, 1.165) is 23.7 Å². The number of hydrogen-bond donors (Lipinski definition) is 1. The minimum absolute atomic E-state index is 0.0274. The first-order valence-corrected chi connectivity index (χ1v) is 10.1. The van der Waals surface area contributed by atoms with E-state index in [1.165, 1.54) is 35.8 Å². The molecular formula is C22H27N5O4. The number of benzene rings is 1. The van der Waals surface area contributed by atoms with Crippen LogP contribution in [0.4, 0.5) is 0 Å². The average molecular weight is 425 g/mol. The number of nitrogens with one attached hydrogen (secondary N) is 1. The Kier molecular flexibility index (Phi) is 6.55. The van der Waals surface area contributed by atoms with Gasteiger partial charge in [-0.3, -0.25) is 33.0 Å². The molecule has 31 heavy (non-hydrogen) atoms. The lowest BCUT2D eigenvalue weighted by molar-refractivity contribution is 0.0949. The molecule has 2 aromatic heterocycles. The third-order valence-corrected chi connectivity index (χ3v) is 5.47. The molecule has 2 heterocycles. The molecule has 9 nitrogen and oxygen atoms in total. The van der Waals surface area contributed by atoms with Gasteiger partial charge in [-0.15, -0.1) is 0 Å². The van der Waals surface area contributed by atoms with Crippen LogP contribution in [0.25, 0.3) is 11.0 Å². The van der Waals surface area contributed by atoms with Crippen molar-refractivity contribution in [3.63, 3.8) is 0 Å². The number of aryl methyl sites for hydroxylation is 2. The highest BCUT2D eigenvalue weighted by Gasteiger charge is 2.20. The number of pyridine rings is 1. The Bertz CT molecular complexity index is 1290. The van der Waals surface area contributed by atoms with Gasteiger partial charge in [-0.25, -0.2) is 4.79 Å². The molecule has 0 aliphatic rings. The molecule has 9 heteroatoms. The Labute approximate surface area is 179 Å². The molecule has 1 aromatic carbocycles. The molecule has 0 atom stereocenters. The fourth-order valence-corrected chi connectivity index (χ4v) is 3.65. The number of amides is 1. The van der Waals surface area contributed by atoms with Crippen LogP contribution in [0.3, 0.4) is 0 Å². The van der Waals surface area contributed by atoms with Crippen LogP contribution in [0, 0.1) is 0 Å². The Balaban J connectivity index is 1.86. The van der Waals surface area contributed by atoms with Crippen LogP contribution in [-0.4, -0.2) is 44.1 Å². The Morgan fingerprint density at radius 1 is 1.00 bits per heavy atom. The molecule has 0 bridgehead atoms. The molecule has 0 radical (unpaired) electrons. The lowest BCUT2D eigenvalue weighted by Crippen LogP contribution is -2.41. The van der Waals surface area contributed by atoms with Crippen molar-refractivity contribution in [2.75, 3.05) is 19.6 Å². The molecular weight excluding hydrogens is 398 g/mol. The van der Waals surface area contributed by atoms with Crippen molar-refractivity contribution < 1.29 is 4.79 Å². The maximum Gasteiger partial charge on any atom is 0.332 e. The van der Waals surface area contributed by atoms with Crippen LogP contribution in [0.15, 0.2) is 50.8 Å². The van der Waals surface area contributed by atoms with E-state index in [0.29, 0.717) is 13.1 Å². The summed E-state index contributed by atoms with van der Waals surface area (Å²) < 4.78 is 3.34. The predicted octanol–water partition coefficient (Wildman–Crippen LogP) is 0.188. The van der Waals surface area contributed by atoms with Crippen LogP contribution in [0.1, 0.15) is 22.8 Å². The second kappa shape index (κ2) is 9.13. The second-order valence-corrected chi connectivity index (χ2v) is 7.47. The molecule has 0 fully saturated rings. The minimum Gasteiger partial charge on any atom is -0.351 e. The van der Waals surface area contributed by atoms with Gasteiger partial charge in [-0.05, 0) is 12.1 Å². The summed E-state index contributed by atoms with van der Waals surface area (Å²) in [5, 5.41) is 2.85. The van der Waals surface area contributed by atoms with E-state index in [2.05, 4.69) is 10.2 Å². The fourth-order valence-electron chi connectivity index (χ4n) is 3.65. The van der Waals surface area contributed by atoms with Gasteiger partial charge in [-0.1, -0.05) is 37.3 Å². The van der Waals surface area contributed by atoms with Crippen molar-refractivity contribution in [3.8, 4) is 0 Å². The zero-order chi connectivity index (χ0) is 22.7. The molecule has 0 saturated carbocycles. The Morgan fingerprint density at radius 3 is 2.32 bits per heavy atom. The highest BCUT2D eigenvalue weighted by Crippen LogP contribution is 2.11. The van der Waals surface area contributed by atoms with E-state index in [1.54, 1.807) is 0 Å². The summed E-state index contributed by atoms with van der Waals surface area (Å²) in [6.07, 6.45) is 0. The smallest absolute Gasteiger partial charge is 0.332 e. The van der Waals surface area contributed by atoms with Gasteiger partial charge >= 0.3 is 5.69 Å². The Hall–Kier alpha value is -3.46. The van der Waals surface area contributed by atoms with Gasteiger partial charge in [0.2, 0.25) is 0 Å². The zero-order valence-electron chi connectivity index (χ0n) is 18.2. The highest BCUT2D eigenvalue weighted by molar-refractivity contribution is 6.05. The van der Waals surface area contributed by atoms with E-state index < -0.39 is 22.7 Å². The molecule has 0 unspecified atom stereocenters. The molecule has 0 aliphatic heterocycles. The number of likely N-dealkylation sites (N-methyl/N-ethyl adjacent to an activating group) is 1. The fraction of sp³-hybridized carbons (Fsp3) is 0.364. The lowest BCUT2D eigenvalue weighted by atomic mass is 10.1. The molecule has 0 saturated heterocycles. The summed E-state index contributed by atoms with van der Waals surface area (Å²) in [7, 11) is 4.28. The average Bonchev–Trinajstić information content (AvgIpc) is 2.77. The topological polar surface area (TPSA) is 98.3 Å². The zero-order valence-corrected chi connectivity index (χ0v) is 18.2. The molecule has 1 N–H and O–H groups in total. The normalized spacial score (nSPS) is 11.3. The first-order valence-electron chi connectivity index (χ1n) is 10.1.